The first-order chi connectivity index (χ1) is 47.3. The molecular formula is C92H68BN3. The van der Waals surface area contributed by atoms with Crippen LogP contribution in [0.4, 0.5) is 34.1 Å². The smallest absolute Gasteiger partial charge is 0.252 e. The average molecular weight is 1230 g/mol. The number of nitrogens with zero attached hydrogens (tertiary/aromatic N) is 3. The van der Waals surface area contributed by atoms with E-state index in [-0.39, 0.29) is 12.1 Å². The summed E-state index contributed by atoms with van der Waals surface area (Å²) in [7, 11) is 0. The van der Waals surface area contributed by atoms with Crippen molar-refractivity contribution in [2.45, 2.75) is 27.2 Å². The lowest BCUT2D eigenvalue weighted by Gasteiger charge is -2.46. The average Bonchev–Trinajstić information content (AvgIpc) is 1.63. The Balaban J connectivity index is 0.953. The molecule has 2 aliphatic heterocycles. The fourth-order valence-electron chi connectivity index (χ4n) is 17.1. The molecule has 3 atom stereocenters. The fraction of sp³-hybridized carbons (Fsp3) is 0.0870. The van der Waals surface area contributed by atoms with Gasteiger partial charge in [0, 0.05) is 67.6 Å². The van der Waals surface area contributed by atoms with Crippen LogP contribution in [0.25, 0.3) is 88.7 Å². The predicted octanol–water partition coefficient (Wildman–Crippen LogP) is 22.2. The molecule has 0 amide bonds. The van der Waals surface area contributed by atoms with Crippen LogP contribution < -0.4 is 26.2 Å². The number of hydrogen-bond donors (Lipinski definition) is 0. The summed E-state index contributed by atoms with van der Waals surface area (Å²) in [4.78, 5) is 5.39. The van der Waals surface area contributed by atoms with E-state index in [0.717, 1.165) is 96.1 Å². The molecule has 0 N–H and O–H groups in total. The molecule has 19 rings (SSSR count). The van der Waals surface area contributed by atoms with E-state index in [9.17, 15) is 0 Å². The predicted molar refractivity (Wildman–Crippen MR) is 406 cm³/mol. The standard InChI is InChI=1S/C92H68BN3/c1-92(2,3)71-53-68-45-43-66-51-70(52-67-44-46-69(54-71)88(68)87(66)67)65-47-49-79-84(56-65)96(91-75(62-31-15-7-16-32-62)39-24-40-76(91)63-33-17-8-18-34-63)86-58-72(94-81-41-21-19-35-77(81)78-36-20-22-42-82(78)94)57-85-89(86)93(79)80-55-64(59-25-9-4-10-26-59)48-50-83(80)95(85)90-73(60-27-11-5-12-28-60)37-23-38-74(90)61-29-13-6-14-30-61/h4-43,45-58,67,87-88H,44H2,1-3H3. The van der Waals surface area contributed by atoms with Gasteiger partial charge in [-0.15, -0.1) is 0 Å². The largest absolute Gasteiger partial charge is 0.310 e. The van der Waals surface area contributed by atoms with Gasteiger partial charge in [-0.3, -0.25) is 0 Å². The summed E-state index contributed by atoms with van der Waals surface area (Å²) < 4.78 is 2.54. The molecular weight excluding hydrogens is 1160 g/mol. The lowest BCUT2D eigenvalue weighted by Crippen LogP contribution is -2.61. The van der Waals surface area contributed by atoms with Crippen molar-refractivity contribution in [3.63, 3.8) is 0 Å². The first kappa shape index (κ1) is 56.1. The zero-order valence-corrected chi connectivity index (χ0v) is 54.0. The van der Waals surface area contributed by atoms with Crippen molar-refractivity contribution in [3.8, 4) is 61.3 Å². The first-order valence-electron chi connectivity index (χ1n) is 34.1. The Kier molecular flexibility index (Phi) is 12.9. The zero-order valence-electron chi connectivity index (χ0n) is 54.0. The third kappa shape index (κ3) is 8.89. The Morgan fingerprint density at radius 2 is 0.865 bits per heavy atom. The molecule has 0 bridgehead atoms. The lowest BCUT2D eigenvalue weighted by atomic mass is 9.33. The molecule has 3 heterocycles. The summed E-state index contributed by atoms with van der Waals surface area (Å²) in [5.74, 6) is 1.10. The molecule has 3 nitrogen and oxygen atoms in total. The molecule has 4 aliphatic carbocycles. The summed E-state index contributed by atoms with van der Waals surface area (Å²) >= 11 is 0. The Morgan fingerprint density at radius 1 is 0.375 bits per heavy atom. The number of allylic oxidation sites excluding steroid dienone is 12. The third-order valence-electron chi connectivity index (χ3n) is 21.4. The normalized spacial score (nSPS) is 17.2. The van der Waals surface area contributed by atoms with Gasteiger partial charge in [0.2, 0.25) is 0 Å². The number of hydrogen-bond acceptors (Lipinski definition) is 2. The van der Waals surface area contributed by atoms with Crippen LogP contribution in [0.3, 0.4) is 0 Å². The van der Waals surface area contributed by atoms with Crippen molar-refractivity contribution in [1.29, 1.82) is 0 Å². The highest BCUT2D eigenvalue weighted by Gasteiger charge is 2.47. The molecule has 454 valence electrons. The summed E-state index contributed by atoms with van der Waals surface area (Å²) in [5, 5.41) is 2.44. The number of anilines is 6. The molecule has 0 saturated carbocycles. The van der Waals surface area contributed by atoms with Gasteiger partial charge in [0.1, 0.15) is 0 Å². The molecule has 12 aromatic carbocycles. The number of fused-ring (bicyclic) bond motifs is 7. The van der Waals surface area contributed by atoms with Crippen LogP contribution >= 0.6 is 0 Å². The molecule has 3 unspecified atom stereocenters. The van der Waals surface area contributed by atoms with Gasteiger partial charge in [-0.25, -0.2) is 0 Å². The minimum Gasteiger partial charge on any atom is -0.310 e. The summed E-state index contributed by atoms with van der Waals surface area (Å²) in [6.45, 7) is 6.83. The van der Waals surface area contributed by atoms with Crippen LogP contribution in [0.5, 0.6) is 0 Å². The molecule has 1 aromatic heterocycles. The summed E-state index contributed by atoms with van der Waals surface area (Å²) in [6.07, 6.45) is 18.7. The van der Waals surface area contributed by atoms with Crippen molar-refractivity contribution in [1.82, 2.24) is 4.57 Å². The Hall–Kier alpha value is -11.5. The van der Waals surface area contributed by atoms with E-state index in [0.29, 0.717) is 17.8 Å². The van der Waals surface area contributed by atoms with E-state index < -0.39 is 0 Å². The van der Waals surface area contributed by atoms with Crippen molar-refractivity contribution in [2.75, 3.05) is 9.80 Å². The van der Waals surface area contributed by atoms with Crippen molar-refractivity contribution in [2.24, 2.45) is 23.2 Å². The molecule has 0 radical (unpaired) electrons. The topological polar surface area (TPSA) is 11.4 Å². The van der Waals surface area contributed by atoms with Crippen LogP contribution in [0.1, 0.15) is 32.8 Å². The maximum Gasteiger partial charge on any atom is 0.252 e. The fourth-order valence-corrected chi connectivity index (χ4v) is 17.1. The van der Waals surface area contributed by atoms with Crippen molar-refractivity contribution >= 4 is 84.6 Å². The number of benzene rings is 12. The number of rotatable bonds is 9. The highest BCUT2D eigenvalue weighted by atomic mass is 15.2. The van der Waals surface area contributed by atoms with E-state index in [4.69, 9.17) is 0 Å². The molecule has 0 fully saturated rings. The maximum atomic E-state index is 2.72. The highest BCUT2D eigenvalue weighted by Crippen LogP contribution is 2.57. The highest BCUT2D eigenvalue weighted by molar-refractivity contribution is 7.00. The molecule has 4 heteroatoms. The number of para-hydroxylation sites is 4. The van der Waals surface area contributed by atoms with E-state index in [2.05, 4.69) is 363 Å². The van der Waals surface area contributed by atoms with E-state index in [1.807, 2.05) is 0 Å². The van der Waals surface area contributed by atoms with Gasteiger partial charge in [-0.05, 0) is 137 Å². The van der Waals surface area contributed by atoms with Gasteiger partial charge < -0.3 is 14.4 Å². The number of aromatic nitrogens is 1. The van der Waals surface area contributed by atoms with Crippen LogP contribution in [0, 0.1) is 23.2 Å². The second-order valence-corrected chi connectivity index (χ2v) is 27.9. The minimum atomic E-state index is -0.209. The molecule has 96 heavy (non-hydrogen) atoms. The Labute approximate surface area is 562 Å². The third-order valence-corrected chi connectivity index (χ3v) is 21.4. The van der Waals surface area contributed by atoms with Gasteiger partial charge in [0.05, 0.1) is 28.1 Å². The van der Waals surface area contributed by atoms with Crippen LogP contribution in [0.15, 0.2) is 350 Å². The van der Waals surface area contributed by atoms with Crippen molar-refractivity contribution in [3.05, 3.63) is 356 Å². The second-order valence-electron chi connectivity index (χ2n) is 27.9. The summed E-state index contributed by atoms with van der Waals surface area (Å²) in [5.41, 5.74) is 33.9. The SMILES string of the molecule is CC(C)(C)C1=CC2=CCC3C=C(c4ccc5c(c4)N(c4c(-c6ccccc6)cccc4-c4ccccc4)c4cc(-n6c7ccccc7c7ccccc76)cc6c4B5c4cc(-c5ccccc5)ccc4N6c4c(-c5ccccc5)cccc4-c4ccccc4)C=C4C=CC(=C1)C2C43. The minimum absolute atomic E-state index is 0.0701. The molecule has 6 aliphatic rings. The van der Waals surface area contributed by atoms with Gasteiger partial charge in [-0.1, -0.05) is 312 Å². The summed E-state index contributed by atoms with van der Waals surface area (Å²) in [6, 6.07) is 107. The Bertz CT molecular complexity index is 5380. The monoisotopic (exact) mass is 1230 g/mol. The van der Waals surface area contributed by atoms with Gasteiger partial charge in [0.15, 0.2) is 0 Å². The second kappa shape index (κ2) is 22.1. The Morgan fingerprint density at radius 3 is 1.41 bits per heavy atom. The lowest BCUT2D eigenvalue weighted by molar-refractivity contribution is 0.357. The van der Waals surface area contributed by atoms with Crippen LogP contribution in [-0.4, -0.2) is 11.3 Å². The van der Waals surface area contributed by atoms with Gasteiger partial charge >= 0.3 is 0 Å². The van der Waals surface area contributed by atoms with Gasteiger partial charge in [0.25, 0.3) is 6.71 Å². The van der Waals surface area contributed by atoms with E-state index in [1.54, 1.807) is 0 Å². The molecule has 0 saturated heterocycles. The van der Waals surface area contributed by atoms with E-state index >= 15 is 0 Å². The maximum absolute atomic E-state index is 2.72. The zero-order chi connectivity index (χ0) is 63.8. The van der Waals surface area contributed by atoms with Gasteiger partial charge in [-0.2, -0.15) is 0 Å². The molecule has 13 aromatic rings. The quantitative estimate of drug-likeness (QED) is 0.133. The van der Waals surface area contributed by atoms with Crippen LogP contribution in [-0.2, 0) is 0 Å². The molecule has 0 spiro atoms. The van der Waals surface area contributed by atoms with Crippen molar-refractivity contribution < 1.29 is 0 Å². The van der Waals surface area contributed by atoms with Crippen LogP contribution in [0.2, 0.25) is 0 Å². The van der Waals surface area contributed by atoms with E-state index in [1.165, 1.54) is 77.4 Å². The first-order valence-corrected chi connectivity index (χ1v) is 34.1.